The van der Waals surface area contributed by atoms with Crippen LogP contribution in [0.4, 0.5) is 23.2 Å². The number of amides is 1. The highest BCUT2D eigenvalue weighted by Crippen LogP contribution is 2.38. The fourth-order valence-electron chi connectivity index (χ4n) is 4.83. The maximum absolute atomic E-state index is 14.2. The summed E-state index contributed by atoms with van der Waals surface area (Å²) in [6.45, 7) is 0. The van der Waals surface area contributed by atoms with Crippen molar-refractivity contribution in [2.24, 2.45) is 5.92 Å². The summed E-state index contributed by atoms with van der Waals surface area (Å²) in [6, 6.07) is 16.1. The summed E-state index contributed by atoms with van der Waals surface area (Å²) in [7, 11) is 0. The molecule has 1 saturated carbocycles. The van der Waals surface area contributed by atoms with Gasteiger partial charge in [0.1, 0.15) is 5.82 Å². The van der Waals surface area contributed by atoms with Crippen molar-refractivity contribution in [1.29, 1.82) is 0 Å². The quantitative estimate of drug-likeness (QED) is 0.280. The van der Waals surface area contributed by atoms with Crippen molar-refractivity contribution in [2.45, 2.75) is 37.8 Å². The Bertz CT molecular complexity index is 1470. The van der Waals surface area contributed by atoms with Crippen LogP contribution in [0.5, 0.6) is 0 Å². The molecule has 2 N–H and O–H groups in total. The summed E-state index contributed by atoms with van der Waals surface area (Å²) in [5.74, 6) is -1.69. The van der Waals surface area contributed by atoms with E-state index in [9.17, 15) is 27.2 Å². The normalized spacial score (nSPS) is 18.3. The number of H-pyrrole nitrogens is 1. The number of rotatable bonds is 4. The number of aromatic amines is 1. The smallest absolute Gasteiger partial charge is 0.323 e. The van der Waals surface area contributed by atoms with Crippen molar-refractivity contribution in [3.05, 3.63) is 87.3 Å². The molecule has 0 saturated heterocycles. The largest absolute Gasteiger partial charge is 0.416 e. The van der Waals surface area contributed by atoms with E-state index in [0.717, 1.165) is 51.9 Å². The van der Waals surface area contributed by atoms with E-state index in [2.05, 4.69) is 10.3 Å². The summed E-state index contributed by atoms with van der Waals surface area (Å²) in [5, 5.41) is 2.47. The predicted molar refractivity (Wildman–Crippen MR) is 133 cm³/mol. The second-order valence-electron chi connectivity index (χ2n) is 9.09. The van der Waals surface area contributed by atoms with Crippen LogP contribution in [0, 0.1) is 11.7 Å². The van der Waals surface area contributed by atoms with Crippen molar-refractivity contribution in [2.75, 3.05) is 5.32 Å². The molecule has 5 rings (SSSR count). The lowest BCUT2D eigenvalue weighted by atomic mass is 9.77. The van der Waals surface area contributed by atoms with Crippen molar-refractivity contribution >= 4 is 33.1 Å². The molecule has 36 heavy (non-hydrogen) atoms. The molecule has 1 fully saturated rings. The number of carbonyl (C=O) groups excluding carboxylic acids is 1. The van der Waals surface area contributed by atoms with E-state index in [1.807, 2.05) is 42.5 Å². The van der Waals surface area contributed by atoms with Gasteiger partial charge in [-0.1, -0.05) is 48.1 Å². The highest BCUT2D eigenvalue weighted by Gasteiger charge is 2.32. The van der Waals surface area contributed by atoms with Crippen molar-refractivity contribution < 1.29 is 22.4 Å². The first-order chi connectivity index (χ1) is 17.2. The number of nitrogens with one attached hydrogen (secondary N) is 2. The van der Waals surface area contributed by atoms with E-state index in [0.29, 0.717) is 18.9 Å². The average molecular weight is 515 g/mol. The zero-order valence-electron chi connectivity index (χ0n) is 19.0. The molecule has 1 amide bonds. The number of halogens is 4. The number of fused-ring (bicyclic) bond motifs is 1. The maximum Gasteiger partial charge on any atom is 0.416 e. The number of anilines is 1. The molecular weight excluding hydrogens is 492 g/mol. The minimum Gasteiger partial charge on any atom is -0.323 e. The first-order valence-electron chi connectivity index (χ1n) is 11.6. The summed E-state index contributed by atoms with van der Waals surface area (Å²) in [6.07, 6.45) is -1.69. The van der Waals surface area contributed by atoms with E-state index in [1.54, 1.807) is 0 Å². The van der Waals surface area contributed by atoms with E-state index in [1.165, 1.54) is 11.3 Å². The predicted octanol–water partition coefficient (Wildman–Crippen LogP) is 7.33. The van der Waals surface area contributed by atoms with Gasteiger partial charge in [0, 0.05) is 5.92 Å². The van der Waals surface area contributed by atoms with Gasteiger partial charge in [-0.15, -0.1) is 0 Å². The molecular formula is C27H22F4N2O2S. The van der Waals surface area contributed by atoms with Crippen LogP contribution in [0.25, 0.3) is 21.3 Å². The Kier molecular flexibility index (Phi) is 6.42. The Morgan fingerprint density at radius 1 is 0.972 bits per heavy atom. The van der Waals surface area contributed by atoms with Crippen molar-refractivity contribution in [3.8, 4) is 11.1 Å². The van der Waals surface area contributed by atoms with Crippen LogP contribution in [-0.4, -0.2) is 10.9 Å². The first-order valence-corrected chi connectivity index (χ1v) is 12.4. The molecule has 0 aliphatic heterocycles. The molecule has 186 valence electrons. The minimum atomic E-state index is -4.65. The Morgan fingerprint density at radius 3 is 2.44 bits per heavy atom. The molecule has 2 atom stereocenters. The van der Waals surface area contributed by atoms with E-state index in [-0.39, 0.29) is 28.3 Å². The second kappa shape index (κ2) is 9.54. The standard InChI is InChI=1S/C27H22F4N2O2S/c28-21-14-20(27(29,30)31)9-11-22(21)32-25(34)19-3-1-2-17(12-19)15-4-6-16(7-5-15)18-8-10-23-24(13-18)36-26(35)33-23/h4-11,13-14,17,19H,1-3,12H2,(H,32,34)(H,33,35). The zero-order chi connectivity index (χ0) is 25.4. The van der Waals surface area contributed by atoms with Gasteiger partial charge in [-0.25, -0.2) is 4.39 Å². The number of alkyl halides is 3. The molecule has 3 aromatic carbocycles. The fourth-order valence-corrected chi connectivity index (χ4v) is 5.61. The second-order valence-corrected chi connectivity index (χ2v) is 10.1. The summed E-state index contributed by atoms with van der Waals surface area (Å²) in [4.78, 5) is 27.1. The van der Waals surface area contributed by atoms with Crippen LogP contribution in [-0.2, 0) is 11.0 Å². The fraction of sp³-hybridized carbons (Fsp3) is 0.259. The van der Waals surface area contributed by atoms with Gasteiger partial charge in [0.05, 0.1) is 21.5 Å². The molecule has 0 bridgehead atoms. The lowest BCUT2D eigenvalue weighted by molar-refractivity contribution is -0.137. The van der Waals surface area contributed by atoms with Gasteiger partial charge in [-0.3, -0.25) is 9.59 Å². The van der Waals surface area contributed by atoms with E-state index >= 15 is 0 Å². The highest BCUT2D eigenvalue weighted by atomic mass is 32.1. The van der Waals surface area contributed by atoms with Gasteiger partial charge in [-0.05, 0) is 72.2 Å². The molecule has 4 nitrogen and oxygen atoms in total. The van der Waals surface area contributed by atoms with Gasteiger partial charge in [0.25, 0.3) is 0 Å². The van der Waals surface area contributed by atoms with Gasteiger partial charge in [-0.2, -0.15) is 13.2 Å². The molecule has 0 spiro atoms. The van der Waals surface area contributed by atoms with Crippen molar-refractivity contribution in [1.82, 2.24) is 4.98 Å². The van der Waals surface area contributed by atoms with Crippen LogP contribution in [0.3, 0.4) is 0 Å². The highest BCUT2D eigenvalue weighted by molar-refractivity contribution is 7.16. The third-order valence-corrected chi connectivity index (χ3v) is 7.58. The molecule has 1 aliphatic carbocycles. The van der Waals surface area contributed by atoms with Gasteiger partial charge < -0.3 is 10.3 Å². The zero-order valence-corrected chi connectivity index (χ0v) is 19.8. The van der Waals surface area contributed by atoms with Gasteiger partial charge in [0.15, 0.2) is 0 Å². The van der Waals surface area contributed by atoms with Crippen LogP contribution in [0.15, 0.2) is 65.5 Å². The van der Waals surface area contributed by atoms with E-state index < -0.39 is 17.6 Å². The van der Waals surface area contributed by atoms with Gasteiger partial charge >= 0.3 is 11.0 Å². The van der Waals surface area contributed by atoms with Crippen molar-refractivity contribution in [3.63, 3.8) is 0 Å². The van der Waals surface area contributed by atoms with Crippen LogP contribution >= 0.6 is 11.3 Å². The molecule has 1 heterocycles. The number of hydrogen-bond donors (Lipinski definition) is 2. The number of thiazole rings is 1. The number of hydrogen-bond acceptors (Lipinski definition) is 3. The number of benzene rings is 3. The monoisotopic (exact) mass is 514 g/mol. The minimum absolute atomic E-state index is 0.0885. The summed E-state index contributed by atoms with van der Waals surface area (Å²) < 4.78 is 53.4. The summed E-state index contributed by atoms with van der Waals surface area (Å²) in [5.41, 5.74) is 2.59. The van der Waals surface area contributed by atoms with Gasteiger partial charge in [0.2, 0.25) is 5.91 Å². The molecule has 0 radical (unpaired) electrons. The lowest BCUT2D eigenvalue weighted by Crippen LogP contribution is -2.28. The van der Waals surface area contributed by atoms with Crippen LogP contribution < -0.4 is 10.2 Å². The molecule has 1 aliphatic rings. The Hall–Kier alpha value is -3.46. The Balaban J connectivity index is 1.26. The Labute approximate surface area is 208 Å². The lowest BCUT2D eigenvalue weighted by Gasteiger charge is -2.29. The molecule has 9 heteroatoms. The van der Waals surface area contributed by atoms with Crippen LogP contribution in [0.1, 0.15) is 42.7 Å². The molecule has 2 unspecified atom stereocenters. The maximum atomic E-state index is 14.2. The molecule has 1 aromatic heterocycles. The third-order valence-electron chi connectivity index (χ3n) is 6.74. The third kappa shape index (κ3) is 5.06. The Morgan fingerprint density at radius 2 is 1.72 bits per heavy atom. The SMILES string of the molecule is O=C(Nc1ccc(C(F)(F)F)cc1F)C1CCCC(c2ccc(-c3ccc4[nH]c(=O)sc4c3)cc2)C1. The van der Waals surface area contributed by atoms with E-state index in [4.69, 9.17) is 0 Å². The number of aromatic nitrogens is 1. The topological polar surface area (TPSA) is 62.0 Å². The van der Waals surface area contributed by atoms with Crippen LogP contribution in [0.2, 0.25) is 0 Å². The first kappa shape index (κ1) is 24.2. The molecule has 4 aromatic rings. The number of carbonyl (C=O) groups is 1. The average Bonchev–Trinajstić information content (AvgIpc) is 3.24. The summed E-state index contributed by atoms with van der Waals surface area (Å²) >= 11 is 1.17.